The molecule has 8 heteroatoms. The van der Waals surface area contributed by atoms with Crippen LogP contribution in [0.4, 0.5) is 4.39 Å². The maximum absolute atomic E-state index is 13.7. The lowest BCUT2D eigenvalue weighted by atomic mass is 10.1. The molecule has 1 amide bonds. The van der Waals surface area contributed by atoms with Gasteiger partial charge < -0.3 is 10.2 Å². The lowest BCUT2D eigenvalue weighted by Gasteiger charge is -2.18. The summed E-state index contributed by atoms with van der Waals surface area (Å²) in [5.41, 5.74) is 1.08. The van der Waals surface area contributed by atoms with Crippen LogP contribution in [-0.4, -0.2) is 42.0 Å². The van der Waals surface area contributed by atoms with Gasteiger partial charge in [0.2, 0.25) is 0 Å². The van der Waals surface area contributed by atoms with Gasteiger partial charge in [0, 0.05) is 31.4 Å². The van der Waals surface area contributed by atoms with Crippen molar-refractivity contribution in [2.75, 3.05) is 26.2 Å². The minimum Gasteiger partial charge on any atom is -0.336 e. The maximum atomic E-state index is 13.7. The van der Waals surface area contributed by atoms with E-state index in [-0.39, 0.29) is 36.5 Å². The number of amides is 1. The molecule has 1 N–H and O–H groups in total. The Kier molecular flexibility index (Phi) is 8.62. The molecule has 1 fully saturated rings. The van der Waals surface area contributed by atoms with Crippen molar-refractivity contribution in [1.29, 1.82) is 0 Å². The summed E-state index contributed by atoms with van der Waals surface area (Å²) in [6, 6.07) is 6.67. The Labute approximate surface area is 157 Å². The zero-order chi connectivity index (χ0) is 15.4. The zero-order valence-electron chi connectivity index (χ0n) is 13.0. The minimum absolute atomic E-state index is 0. The number of hydrogen-bond acceptors (Lipinski definition) is 4. The van der Waals surface area contributed by atoms with E-state index in [0.29, 0.717) is 24.2 Å². The van der Waals surface area contributed by atoms with E-state index in [0.717, 1.165) is 31.1 Å². The Bertz CT molecular complexity index is 660. The monoisotopic (exact) mass is 391 g/mol. The molecular formula is C16H20Cl2FN3OS. The fourth-order valence-electron chi connectivity index (χ4n) is 2.51. The van der Waals surface area contributed by atoms with E-state index in [2.05, 4.69) is 10.3 Å². The molecule has 0 saturated carbocycles. The zero-order valence-corrected chi connectivity index (χ0v) is 15.5. The highest BCUT2D eigenvalue weighted by molar-refractivity contribution is 7.09. The molecule has 1 aromatic heterocycles. The van der Waals surface area contributed by atoms with Gasteiger partial charge >= 0.3 is 0 Å². The lowest BCUT2D eigenvalue weighted by Crippen LogP contribution is -2.34. The van der Waals surface area contributed by atoms with Crippen LogP contribution in [0, 0.1) is 5.82 Å². The summed E-state index contributed by atoms with van der Waals surface area (Å²) < 4.78 is 13.7. The van der Waals surface area contributed by atoms with Gasteiger partial charge in [0.05, 0.1) is 5.01 Å². The van der Waals surface area contributed by atoms with E-state index in [9.17, 15) is 9.18 Å². The van der Waals surface area contributed by atoms with Crippen LogP contribution in [-0.2, 0) is 6.42 Å². The molecule has 2 aromatic rings. The summed E-state index contributed by atoms with van der Waals surface area (Å²) in [7, 11) is 0. The van der Waals surface area contributed by atoms with Crippen LogP contribution < -0.4 is 5.32 Å². The Morgan fingerprint density at radius 1 is 1.25 bits per heavy atom. The standard InChI is InChI=1S/C16H18FN3OS.2ClH/c17-13-5-2-1-4-12(13)10-15-19-14(11-22-15)16(21)20-8-3-6-18-7-9-20;;/h1-2,4-5,11,18H,3,6-10H2;2*1H. The maximum Gasteiger partial charge on any atom is 0.273 e. The highest BCUT2D eigenvalue weighted by Gasteiger charge is 2.19. The molecule has 132 valence electrons. The molecule has 3 rings (SSSR count). The Balaban J connectivity index is 0.00000144. The summed E-state index contributed by atoms with van der Waals surface area (Å²) >= 11 is 1.41. The van der Waals surface area contributed by atoms with Crippen LogP contribution in [0.25, 0.3) is 0 Å². The quantitative estimate of drug-likeness (QED) is 0.873. The number of nitrogens with one attached hydrogen (secondary N) is 1. The summed E-state index contributed by atoms with van der Waals surface area (Å²) in [6.07, 6.45) is 1.38. The largest absolute Gasteiger partial charge is 0.336 e. The van der Waals surface area contributed by atoms with Crippen molar-refractivity contribution in [3.63, 3.8) is 0 Å². The average molecular weight is 392 g/mol. The fourth-order valence-corrected chi connectivity index (χ4v) is 3.30. The van der Waals surface area contributed by atoms with Gasteiger partial charge in [0.1, 0.15) is 11.5 Å². The average Bonchev–Trinajstić information content (AvgIpc) is 2.82. The molecule has 1 aliphatic rings. The molecule has 0 aliphatic carbocycles. The van der Waals surface area contributed by atoms with Gasteiger partial charge in [-0.15, -0.1) is 36.2 Å². The second-order valence-corrected chi connectivity index (χ2v) is 6.23. The van der Waals surface area contributed by atoms with Crippen LogP contribution in [0.5, 0.6) is 0 Å². The molecule has 1 aromatic carbocycles. The van der Waals surface area contributed by atoms with Gasteiger partial charge in [-0.3, -0.25) is 4.79 Å². The van der Waals surface area contributed by atoms with Crippen LogP contribution in [0.15, 0.2) is 29.6 Å². The van der Waals surface area contributed by atoms with Gasteiger partial charge in [0.15, 0.2) is 0 Å². The fraction of sp³-hybridized carbons (Fsp3) is 0.375. The van der Waals surface area contributed by atoms with Crippen molar-refractivity contribution in [1.82, 2.24) is 15.2 Å². The number of hydrogen-bond donors (Lipinski definition) is 1. The predicted molar refractivity (Wildman–Crippen MR) is 99.2 cm³/mol. The summed E-state index contributed by atoms with van der Waals surface area (Å²) in [4.78, 5) is 18.7. The van der Waals surface area contributed by atoms with E-state index in [1.54, 1.807) is 17.5 Å². The van der Waals surface area contributed by atoms with Crippen LogP contribution >= 0.6 is 36.2 Å². The smallest absolute Gasteiger partial charge is 0.273 e. The number of carbonyl (C=O) groups is 1. The summed E-state index contributed by atoms with van der Waals surface area (Å²) in [6.45, 7) is 3.22. The SMILES string of the molecule is Cl.Cl.O=C(c1csc(Cc2ccccc2F)n1)N1CCCNCC1. The van der Waals surface area contributed by atoms with Crippen LogP contribution in [0.1, 0.15) is 27.5 Å². The van der Waals surface area contributed by atoms with Gasteiger partial charge in [0.25, 0.3) is 5.91 Å². The second kappa shape index (κ2) is 9.93. The molecule has 0 spiro atoms. The molecule has 4 nitrogen and oxygen atoms in total. The molecular weight excluding hydrogens is 372 g/mol. The molecule has 0 bridgehead atoms. The molecule has 0 atom stereocenters. The van der Waals surface area contributed by atoms with E-state index in [4.69, 9.17) is 0 Å². The first-order valence-corrected chi connectivity index (χ1v) is 8.30. The third-order valence-electron chi connectivity index (χ3n) is 3.70. The summed E-state index contributed by atoms with van der Waals surface area (Å²) in [5.74, 6) is -0.260. The highest BCUT2D eigenvalue weighted by Crippen LogP contribution is 2.18. The predicted octanol–water partition coefficient (Wildman–Crippen LogP) is 3.15. The third kappa shape index (κ3) is 5.14. The first kappa shape index (κ1) is 20.8. The van der Waals surface area contributed by atoms with Crippen molar-refractivity contribution in [3.8, 4) is 0 Å². The number of rotatable bonds is 3. The first-order chi connectivity index (χ1) is 10.7. The lowest BCUT2D eigenvalue weighted by molar-refractivity contribution is 0.0761. The normalized spacial score (nSPS) is 14.3. The molecule has 1 aliphatic heterocycles. The van der Waals surface area contributed by atoms with E-state index in [1.165, 1.54) is 17.4 Å². The van der Waals surface area contributed by atoms with Gasteiger partial charge in [-0.1, -0.05) is 18.2 Å². The van der Waals surface area contributed by atoms with Crippen molar-refractivity contribution in [2.45, 2.75) is 12.8 Å². The second-order valence-electron chi connectivity index (χ2n) is 5.29. The van der Waals surface area contributed by atoms with Crippen molar-refractivity contribution >= 4 is 42.1 Å². The number of carbonyl (C=O) groups excluding carboxylic acids is 1. The summed E-state index contributed by atoms with van der Waals surface area (Å²) in [5, 5.41) is 5.81. The molecule has 24 heavy (non-hydrogen) atoms. The van der Waals surface area contributed by atoms with E-state index >= 15 is 0 Å². The Morgan fingerprint density at radius 3 is 2.83 bits per heavy atom. The molecule has 0 unspecified atom stereocenters. The van der Waals surface area contributed by atoms with Gasteiger partial charge in [-0.2, -0.15) is 0 Å². The molecule has 0 radical (unpaired) electrons. The van der Waals surface area contributed by atoms with Crippen molar-refractivity contribution in [2.24, 2.45) is 0 Å². The van der Waals surface area contributed by atoms with Gasteiger partial charge in [-0.25, -0.2) is 9.37 Å². The van der Waals surface area contributed by atoms with Crippen LogP contribution in [0.2, 0.25) is 0 Å². The number of halogens is 3. The minimum atomic E-state index is -0.232. The van der Waals surface area contributed by atoms with Crippen molar-refractivity contribution in [3.05, 3.63) is 51.7 Å². The number of benzene rings is 1. The number of nitrogens with zero attached hydrogens (tertiary/aromatic N) is 2. The number of thiazole rings is 1. The molecule has 2 heterocycles. The Morgan fingerprint density at radius 2 is 2.04 bits per heavy atom. The topological polar surface area (TPSA) is 45.2 Å². The Hall–Kier alpha value is -1.21. The molecule has 1 saturated heterocycles. The highest BCUT2D eigenvalue weighted by atomic mass is 35.5. The van der Waals surface area contributed by atoms with Gasteiger partial charge in [-0.05, 0) is 24.6 Å². The van der Waals surface area contributed by atoms with E-state index < -0.39 is 0 Å². The van der Waals surface area contributed by atoms with E-state index in [1.807, 2.05) is 11.0 Å². The van der Waals surface area contributed by atoms with Crippen molar-refractivity contribution < 1.29 is 9.18 Å². The van der Waals surface area contributed by atoms with Crippen LogP contribution in [0.3, 0.4) is 0 Å². The third-order valence-corrected chi connectivity index (χ3v) is 4.55. The number of aromatic nitrogens is 1. The first-order valence-electron chi connectivity index (χ1n) is 7.42.